The van der Waals surface area contributed by atoms with Crippen molar-refractivity contribution in [1.29, 1.82) is 0 Å². The molecule has 0 spiro atoms. The van der Waals surface area contributed by atoms with Gasteiger partial charge in [-0.2, -0.15) is 0 Å². The summed E-state index contributed by atoms with van der Waals surface area (Å²) in [5.74, 6) is -0.542. The highest BCUT2D eigenvalue weighted by Crippen LogP contribution is 2.35. The van der Waals surface area contributed by atoms with E-state index >= 15 is 0 Å². The normalized spacial score (nSPS) is 12.5. The Hall–Kier alpha value is -0.940. The van der Waals surface area contributed by atoms with Gasteiger partial charge in [0, 0.05) is 4.90 Å². The van der Waals surface area contributed by atoms with Gasteiger partial charge in [0.05, 0.1) is 17.3 Å². The fraction of sp³-hybridized carbons (Fsp3) is 0.533. The van der Waals surface area contributed by atoms with Gasteiger partial charge in [-0.1, -0.05) is 38.8 Å². The van der Waals surface area contributed by atoms with Gasteiger partial charge in [-0.05, 0) is 24.5 Å². The molecule has 6 heteroatoms. The highest BCUT2D eigenvalue weighted by Gasteiger charge is 2.22. The van der Waals surface area contributed by atoms with E-state index in [1.54, 1.807) is 0 Å². The average molecular weight is 334 g/mol. The first-order valence-corrected chi connectivity index (χ1v) is 8.18. The van der Waals surface area contributed by atoms with Crippen LogP contribution in [0.25, 0.3) is 0 Å². The van der Waals surface area contributed by atoms with Crippen LogP contribution < -0.4 is 5.73 Å². The predicted molar refractivity (Wildman–Crippen MR) is 86.2 cm³/mol. The summed E-state index contributed by atoms with van der Waals surface area (Å²) in [5, 5.41) is -0.111. The number of carbonyl (C=O) groups is 1. The Balaban J connectivity index is 2.83. The van der Waals surface area contributed by atoms with Crippen LogP contribution in [0.4, 0.5) is 10.1 Å². The van der Waals surface area contributed by atoms with Crippen LogP contribution in [0.5, 0.6) is 0 Å². The maximum absolute atomic E-state index is 13.3. The molecule has 2 N–H and O–H groups in total. The molecule has 0 fully saturated rings. The molecule has 0 aromatic heterocycles. The summed E-state index contributed by atoms with van der Waals surface area (Å²) in [6, 6.07) is 2.63. The van der Waals surface area contributed by atoms with Gasteiger partial charge in [0.2, 0.25) is 0 Å². The molecule has 1 atom stereocenters. The lowest BCUT2D eigenvalue weighted by molar-refractivity contribution is -0.144. The highest BCUT2D eigenvalue weighted by molar-refractivity contribution is 8.00. The molecule has 0 heterocycles. The molecular formula is C15H21ClFNO2S. The zero-order chi connectivity index (χ0) is 16.0. The molecule has 0 aliphatic rings. The molecular weight excluding hydrogens is 313 g/mol. The fourth-order valence-electron chi connectivity index (χ4n) is 1.62. The molecule has 1 unspecified atom stereocenters. The first-order chi connectivity index (χ1) is 9.85. The summed E-state index contributed by atoms with van der Waals surface area (Å²) in [5.41, 5.74) is 5.57. The van der Waals surface area contributed by atoms with Crippen molar-refractivity contribution in [2.45, 2.75) is 43.8 Å². The van der Waals surface area contributed by atoms with Gasteiger partial charge < -0.3 is 10.5 Å². The minimum Gasteiger partial charge on any atom is -0.465 e. The van der Waals surface area contributed by atoms with E-state index in [-0.39, 0.29) is 27.8 Å². The SMILES string of the molecule is CCCC(Sc1cc(N)c(F)cc1Cl)C(=O)OCC(C)C. The fourth-order valence-corrected chi connectivity index (χ4v) is 3.09. The van der Waals surface area contributed by atoms with Crippen molar-refractivity contribution in [3.05, 3.63) is 23.0 Å². The maximum Gasteiger partial charge on any atom is 0.319 e. The lowest BCUT2D eigenvalue weighted by Crippen LogP contribution is -2.22. The van der Waals surface area contributed by atoms with Gasteiger partial charge in [-0.3, -0.25) is 4.79 Å². The van der Waals surface area contributed by atoms with Gasteiger partial charge in [0.15, 0.2) is 0 Å². The van der Waals surface area contributed by atoms with E-state index in [2.05, 4.69) is 0 Å². The molecule has 0 saturated heterocycles. The second-order valence-electron chi connectivity index (χ2n) is 5.22. The number of ether oxygens (including phenoxy) is 1. The molecule has 0 aliphatic heterocycles. The lowest BCUT2D eigenvalue weighted by Gasteiger charge is -2.17. The third kappa shape index (κ3) is 5.75. The van der Waals surface area contributed by atoms with E-state index in [1.807, 2.05) is 20.8 Å². The molecule has 1 rings (SSSR count). The topological polar surface area (TPSA) is 52.3 Å². The minimum atomic E-state index is -0.557. The smallest absolute Gasteiger partial charge is 0.319 e. The van der Waals surface area contributed by atoms with Crippen molar-refractivity contribution in [1.82, 2.24) is 0 Å². The minimum absolute atomic E-state index is 0.0210. The molecule has 0 radical (unpaired) electrons. The molecule has 0 amide bonds. The Morgan fingerprint density at radius 2 is 2.14 bits per heavy atom. The summed E-state index contributed by atoms with van der Waals surface area (Å²) in [4.78, 5) is 12.7. The van der Waals surface area contributed by atoms with E-state index in [0.29, 0.717) is 17.9 Å². The lowest BCUT2D eigenvalue weighted by atomic mass is 10.2. The van der Waals surface area contributed by atoms with Gasteiger partial charge in [-0.25, -0.2) is 4.39 Å². The summed E-state index contributed by atoms with van der Waals surface area (Å²) in [7, 11) is 0. The number of carbonyl (C=O) groups excluding carboxylic acids is 1. The van der Waals surface area contributed by atoms with E-state index in [4.69, 9.17) is 22.1 Å². The van der Waals surface area contributed by atoms with Crippen LogP contribution in [0, 0.1) is 11.7 Å². The van der Waals surface area contributed by atoms with E-state index in [0.717, 1.165) is 6.42 Å². The van der Waals surface area contributed by atoms with Gasteiger partial charge in [-0.15, -0.1) is 11.8 Å². The molecule has 3 nitrogen and oxygen atoms in total. The Morgan fingerprint density at radius 1 is 1.48 bits per heavy atom. The first kappa shape index (κ1) is 18.1. The highest BCUT2D eigenvalue weighted by atomic mass is 35.5. The molecule has 0 saturated carbocycles. The number of rotatable bonds is 7. The van der Waals surface area contributed by atoms with Crippen molar-refractivity contribution < 1.29 is 13.9 Å². The van der Waals surface area contributed by atoms with Crippen LogP contribution in [-0.2, 0) is 9.53 Å². The number of anilines is 1. The predicted octanol–water partition coefficient (Wildman–Crippen LogP) is 4.52. The van der Waals surface area contributed by atoms with Crippen LogP contribution in [0.3, 0.4) is 0 Å². The number of esters is 1. The van der Waals surface area contributed by atoms with Gasteiger partial charge in [0.25, 0.3) is 0 Å². The van der Waals surface area contributed by atoms with Gasteiger partial charge >= 0.3 is 5.97 Å². The molecule has 118 valence electrons. The average Bonchev–Trinajstić information content (AvgIpc) is 2.41. The number of thioether (sulfide) groups is 1. The number of benzene rings is 1. The van der Waals surface area contributed by atoms with Crippen LogP contribution in [-0.4, -0.2) is 17.8 Å². The van der Waals surface area contributed by atoms with Crippen LogP contribution in [0.15, 0.2) is 17.0 Å². The number of nitrogen functional groups attached to an aromatic ring is 1. The third-order valence-electron chi connectivity index (χ3n) is 2.69. The van der Waals surface area contributed by atoms with Crippen molar-refractivity contribution >= 4 is 35.0 Å². The van der Waals surface area contributed by atoms with Crippen LogP contribution in [0.2, 0.25) is 5.02 Å². The summed E-state index contributed by atoms with van der Waals surface area (Å²) in [6.45, 7) is 6.34. The van der Waals surface area contributed by atoms with Crippen molar-refractivity contribution in [3.8, 4) is 0 Å². The zero-order valence-electron chi connectivity index (χ0n) is 12.5. The third-order valence-corrected chi connectivity index (χ3v) is 4.42. The molecule has 0 aliphatic carbocycles. The van der Waals surface area contributed by atoms with Crippen molar-refractivity contribution in [3.63, 3.8) is 0 Å². The largest absolute Gasteiger partial charge is 0.465 e. The van der Waals surface area contributed by atoms with Crippen LogP contribution >= 0.6 is 23.4 Å². The molecule has 1 aromatic rings. The summed E-state index contributed by atoms with van der Waals surface area (Å²) < 4.78 is 18.6. The number of hydrogen-bond donors (Lipinski definition) is 1. The molecule has 21 heavy (non-hydrogen) atoms. The quantitative estimate of drug-likeness (QED) is 0.453. The Bertz CT molecular complexity index is 497. The maximum atomic E-state index is 13.3. The van der Waals surface area contributed by atoms with E-state index in [9.17, 15) is 9.18 Å². The Morgan fingerprint density at radius 3 is 2.71 bits per heavy atom. The summed E-state index contributed by atoms with van der Waals surface area (Å²) in [6.07, 6.45) is 1.50. The van der Waals surface area contributed by atoms with Crippen molar-refractivity contribution in [2.24, 2.45) is 5.92 Å². The number of halogens is 2. The summed E-state index contributed by atoms with van der Waals surface area (Å²) >= 11 is 7.28. The Kier molecular flexibility index (Phi) is 7.32. The molecule has 1 aromatic carbocycles. The monoisotopic (exact) mass is 333 g/mol. The zero-order valence-corrected chi connectivity index (χ0v) is 14.1. The first-order valence-electron chi connectivity index (χ1n) is 6.93. The number of hydrogen-bond acceptors (Lipinski definition) is 4. The second kappa shape index (κ2) is 8.49. The van der Waals surface area contributed by atoms with Gasteiger partial charge in [0.1, 0.15) is 11.1 Å². The second-order valence-corrected chi connectivity index (χ2v) is 6.87. The molecule has 0 bridgehead atoms. The van der Waals surface area contributed by atoms with E-state index in [1.165, 1.54) is 23.9 Å². The Labute approximate surface area is 134 Å². The number of nitrogens with two attached hydrogens (primary N) is 1. The van der Waals surface area contributed by atoms with E-state index < -0.39 is 5.82 Å². The van der Waals surface area contributed by atoms with Crippen LogP contribution in [0.1, 0.15) is 33.6 Å². The van der Waals surface area contributed by atoms with Crippen molar-refractivity contribution in [2.75, 3.05) is 12.3 Å². The standard InChI is InChI=1S/C15H21ClFNO2S/c1-4-5-13(15(19)20-8-9(2)3)21-14-7-12(18)11(17)6-10(14)16/h6-7,9,13H,4-5,8,18H2,1-3H3.